The zero-order chi connectivity index (χ0) is 12.6. The van der Waals surface area contributed by atoms with Crippen LogP contribution in [0.3, 0.4) is 0 Å². The van der Waals surface area contributed by atoms with E-state index in [9.17, 15) is 19.7 Å². The number of ketones is 1. The van der Waals surface area contributed by atoms with Crippen molar-refractivity contribution in [1.82, 2.24) is 0 Å². The second-order valence-corrected chi connectivity index (χ2v) is 4.41. The van der Waals surface area contributed by atoms with Crippen LogP contribution in [-0.2, 0) is 14.3 Å². The van der Waals surface area contributed by atoms with E-state index >= 15 is 0 Å². The van der Waals surface area contributed by atoms with Gasteiger partial charge in [0.05, 0.1) is 7.11 Å². The molecular formula is C11H13NO5. The van der Waals surface area contributed by atoms with Crippen molar-refractivity contribution in [2.45, 2.75) is 37.6 Å². The average Bonchev–Trinajstić information content (AvgIpc) is 2.73. The summed E-state index contributed by atoms with van der Waals surface area (Å²) in [5.41, 5.74) is -0.893. The molecule has 0 heterocycles. The van der Waals surface area contributed by atoms with Crippen LogP contribution >= 0.6 is 0 Å². The summed E-state index contributed by atoms with van der Waals surface area (Å²) in [4.78, 5) is 34.2. The number of carbonyl (C=O) groups is 2. The number of nitro groups is 1. The van der Waals surface area contributed by atoms with E-state index in [2.05, 4.69) is 4.74 Å². The summed E-state index contributed by atoms with van der Waals surface area (Å²) in [7, 11) is 1.18. The van der Waals surface area contributed by atoms with Crippen LogP contribution in [0.2, 0.25) is 0 Å². The van der Waals surface area contributed by atoms with Crippen LogP contribution in [0, 0.1) is 10.1 Å². The molecule has 0 aromatic heterocycles. The molecule has 0 amide bonds. The van der Waals surface area contributed by atoms with Crippen LogP contribution in [0.1, 0.15) is 32.1 Å². The van der Waals surface area contributed by atoms with Gasteiger partial charge in [0, 0.05) is 29.8 Å². The maximum Gasteiger partial charge on any atom is 0.341 e. The van der Waals surface area contributed by atoms with E-state index < -0.39 is 11.5 Å². The molecule has 92 valence electrons. The van der Waals surface area contributed by atoms with Gasteiger partial charge in [-0.05, 0) is 12.8 Å². The molecule has 6 nitrogen and oxygen atoms in total. The first-order valence-corrected chi connectivity index (χ1v) is 5.52. The number of rotatable bonds is 2. The first-order valence-electron chi connectivity index (χ1n) is 5.52. The maximum atomic E-state index is 11.7. The number of methoxy groups -OCH3 is 1. The molecule has 0 unspecified atom stereocenters. The molecule has 0 N–H and O–H groups in total. The third kappa shape index (κ3) is 1.55. The third-order valence-electron chi connectivity index (χ3n) is 3.66. The SMILES string of the molecule is COC(=O)C1=C2CCC[C@@]2([N+](=O)[O-])CCC1=O. The third-order valence-corrected chi connectivity index (χ3v) is 3.66. The molecular weight excluding hydrogens is 226 g/mol. The lowest BCUT2D eigenvalue weighted by molar-refractivity contribution is -0.558. The fourth-order valence-electron chi connectivity index (χ4n) is 2.82. The lowest BCUT2D eigenvalue weighted by Gasteiger charge is -2.27. The zero-order valence-corrected chi connectivity index (χ0v) is 9.52. The lowest BCUT2D eigenvalue weighted by atomic mass is 9.78. The van der Waals surface area contributed by atoms with Crippen LogP contribution in [0.4, 0.5) is 0 Å². The van der Waals surface area contributed by atoms with E-state index in [-0.39, 0.29) is 29.1 Å². The van der Waals surface area contributed by atoms with Crippen LogP contribution in [-0.4, -0.2) is 29.3 Å². The van der Waals surface area contributed by atoms with Gasteiger partial charge in [-0.2, -0.15) is 0 Å². The highest BCUT2D eigenvalue weighted by Gasteiger charge is 2.55. The van der Waals surface area contributed by atoms with Crippen molar-refractivity contribution in [3.8, 4) is 0 Å². The Bertz CT molecular complexity index is 439. The minimum atomic E-state index is -1.20. The van der Waals surface area contributed by atoms with E-state index in [1.807, 2.05) is 0 Å². The Labute approximate surface area is 97.8 Å². The quantitative estimate of drug-likeness (QED) is 0.311. The summed E-state index contributed by atoms with van der Waals surface area (Å²) in [5.74, 6) is -1.07. The number of Topliss-reactive ketones (excluding diaryl/α,β-unsaturated/α-hetero) is 1. The van der Waals surface area contributed by atoms with Gasteiger partial charge >= 0.3 is 5.97 Å². The number of hydrogen-bond donors (Lipinski definition) is 0. The standard InChI is InChI=1S/C11H13NO5/c1-17-10(14)9-7-3-2-5-11(7,12(15)16)6-4-8(9)13/h2-6H2,1H3/t11-/m1/s1. The first kappa shape index (κ1) is 11.8. The minimum absolute atomic E-state index is 0.0505. The molecule has 0 spiro atoms. The largest absolute Gasteiger partial charge is 0.465 e. The molecule has 2 aliphatic rings. The molecule has 0 aliphatic heterocycles. The van der Waals surface area contributed by atoms with Gasteiger partial charge < -0.3 is 4.74 Å². The predicted octanol–water partition coefficient (Wildman–Crippen LogP) is 1.02. The molecule has 0 saturated heterocycles. The van der Waals surface area contributed by atoms with Gasteiger partial charge in [0.25, 0.3) is 0 Å². The Hall–Kier alpha value is -1.72. The van der Waals surface area contributed by atoms with Crippen molar-refractivity contribution in [3.05, 3.63) is 21.3 Å². The highest BCUT2D eigenvalue weighted by molar-refractivity contribution is 6.18. The number of carbonyl (C=O) groups excluding carboxylic acids is 2. The van der Waals surface area contributed by atoms with Gasteiger partial charge in [0.2, 0.25) is 5.54 Å². The summed E-state index contributed by atoms with van der Waals surface area (Å²) in [6.07, 6.45) is 1.74. The Morgan fingerprint density at radius 2 is 2.12 bits per heavy atom. The van der Waals surface area contributed by atoms with Gasteiger partial charge in [-0.25, -0.2) is 4.79 Å². The molecule has 1 saturated carbocycles. The van der Waals surface area contributed by atoms with Crippen molar-refractivity contribution in [2.24, 2.45) is 0 Å². The molecule has 0 bridgehead atoms. The van der Waals surface area contributed by atoms with E-state index in [1.165, 1.54) is 7.11 Å². The second-order valence-electron chi connectivity index (χ2n) is 4.41. The predicted molar refractivity (Wildman–Crippen MR) is 56.9 cm³/mol. The average molecular weight is 239 g/mol. The smallest absolute Gasteiger partial charge is 0.341 e. The van der Waals surface area contributed by atoms with Crippen molar-refractivity contribution >= 4 is 11.8 Å². The summed E-state index contributed by atoms with van der Waals surface area (Å²) in [6.45, 7) is 0. The topological polar surface area (TPSA) is 86.5 Å². The summed E-state index contributed by atoms with van der Waals surface area (Å²) < 4.78 is 4.55. The fraction of sp³-hybridized carbons (Fsp3) is 0.636. The number of nitrogens with zero attached hydrogens (tertiary/aromatic N) is 1. The summed E-state index contributed by atoms with van der Waals surface area (Å²) >= 11 is 0. The summed E-state index contributed by atoms with van der Waals surface area (Å²) in [5, 5.41) is 11.2. The van der Waals surface area contributed by atoms with Gasteiger partial charge in [-0.1, -0.05) is 0 Å². The van der Waals surface area contributed by atoms with Gasteiger partial charge in [0.1, 0.15) is 5.57 Å². The highest BCUT2D eigenvalue weighted by atomic mass is 16.6. The van der Waals surface area contributed by atoms with E-state index in [4.69, 9.17) is 0 Å². The molecule has 2 aliphatic carbocycles. The Morgan fingerprint density at radius 3 is 2.71 bits per heavy atom. The zero-order valence-electron chi connectivity index (χ0n) is 9.52. The van der Waals surface area contributed by atoms with Crippen molar-refractivity contribution < 1.29 is 19.2 Å². The molecule has 2 rings (SSSR count). The fourth-order valence-corrected chi connectivity index (χ4v) is 2.82. The molecule has 0 aromatic carbocycles. The van der Waals surface area contributed by atoms with Crippen LogP contribution in [0.5, 0.6) is 0 Å². The van der Waals surface area contributed by atoms with Crippen molar-refractivity contribution in [1.29, 1.82) is 0 Å². The molecule has 1 atom stereocenters. The molecule has 17 heavy (non-hydrogen) atoms. The van der Waals surface area contributed by atoms with Crippen molar-refractivity contribution in [2.75, 3.05) is 7.11 Å². The van der Waals surface area contributed by atoms with Crippen molar-refractivity contribution in [3.63, 3.8) is 0 Å². The van der Waals surface area contributed by atoms with E-state index in [0.717, 1.165) is 0 Å². The Balaban J connectivity index is 2.58. The highest BCUT2D eigenvalue weighted by Crippen LogP contribution is 2.46. The van der Waals surface area contributed by atoms with Gasteiger partial charge in [-0.15, -0.1) is 0 Å². The van der Waals surface area contributed by atoms with E-state index in [0.29, 0.717) is 24.8 Å². The Morgan fingerprint density at radius 1 is 1.41 bits per heavy atom. The lowest BCUT2D eigenvalue weighted by Crippen LogP contribution is -2.42. The maximum absolute atomic E-state index is 11.7. The first-order chi connectivity index (χ1) is 8.03. The normalized spacial score (nSPS) is 27.9. The molecule has 0 aromatic rings. The molecule has 0 radical (unpaired) electrons. The number of fused-ring (bicyclic) bond motifs is 1. The molecule has 1 fully saturated rings. The monoisotopic (exact) mass is 239 g/mol. The number of hydrogen-bond acceptors (Lipinski definition) is 5. The minimum Gasteiger partial charge on any atom is -0.465 e. The van der Waals surface area contributed by atoms with Crippen LogP contribution in [0.15, 0.2) is 11.1 Å². The molecule has 6 heteroatoms. The van der Waals surface area contributed by atoms with Crippen LogP contribution in [0.25, 0.3) is 0 Å². The number of esters is 1. The second kappa shape index (κ2) is 3.94. The Kier molecular flexibility index (Phi) is 2.73. The summed E-state index contributed by atoms with van der Waals surface area (Å²) in [6, 6.07) is 0. The van der Waals surface area contributed by atoms with Gasteiger partial charge in [0.15, 0.2) is 5.78 Å². The van der Waals surface area contributed by atoms with Gasteiger partial charge in [-0.3, -0.25) is 14.9 Å². The van der Waals surface area contributed by atoms with Crippen LogP contribution < -0.4 is 0 Å². The van der Waals surface area contributed by atoms with E-state index in [1.54, 1.807) is 0 Å². The number of ether oxygens (including phenoxy) is 1.